The van der Waals surface area contributed by atoms with Crippen LogP contribution in [0.4, 0.5) is 5.95 Å². The van der Waals surface area contributed by atoms with Crippen molar-refractivity contribution in [2.45, 2.75) is 6.54 Å². The van der Waals surface area contributed by atoms with Crippen molar-refractivity contribution in [1.82, 2.24) is 19.9 Å². The molecule has 7 nitrogen and oxygen atoms in total. The van der Waals surface area contributed by atoms with Crippen LogP contribution in [0.5, 0.6) is 0 Å². The van der Waals surface area contributed by atoms with Crippen LogP contribution in [-0.4, -0.2) is 38.1 Å². The quantitative estimate of drug-likeness (QED) is 0.574. The number of hydrogen-bond donors (Lipinski definition) is 1. The van der Waals surface area contributed by atoms with Gasteiger partial charge in [-0.1, -0.05) is 24.3 Å². The normalized spacial score (nSPS) is 10.8. The van der Waals surface area contributed by atoms with Gasteiger partial charge >= 0.3 is 5.97 Å². The molecular weight excluding hydrogens is 354 g/mol. The van der Waals surface area contributed by atoms with Crippen molar-refractivity contribution in [3.8, 4) is 11.4 Å². The number of aromatic carboxylic acids is 1. The number of hydrogen-bond acceptors (Lipinski definition) is 6. The molecule has 0 fully saturated rings. The van der Waals surface area contributed by atoms with E-state index < -0.39 is 5.97 Å². The minimum atomic E-state index is -1.00. The second-order valence-corrected chi connectivity index (χ2v) is 6.33. The number of rotatable bonds is 5. The maximum atomic E-state index is 11.2. The van der Waals surface area contributed by atoms with Crippen molar-refractivity contribution in [1.29, 1.82) is 0 Å². The predicted molar refractivity (Wildman–Crippen MR) is 106 cm³/mol. The van der Waals surface area contributed by atoms with Crippen LogP contribution in [0.2, 0.25) is 0 Å². The summed E-state index contributed by atoms with van der Waals surface area (Å²) in [7, 11) is 1.89. The summed E-state index contributed by atoms with van der Waals surface area (Å²) < 4.78 is 0. The van der Waals surface area contributed by atoms with E-state index in [1.807, 2.05) is 48.3 Å². The summed E-state index contributed by atoms with van der Waals surface area (Å²) in [5.41, 5.74) is 3.06. The summed E-state index contributed by atoms with van der Waals surface area (Å²) in [6.07, 6.45) is 3.10. The third-order valence-electron chi connectivity index (χ3n) is 4.31. The lowest BCUT2D eigenvalue weighted by Crippen LogP contribution is -2.20. The highest BCUT2D eigenvalue weighted by Gasteiger charge is 2.11. The Morgan fingerprint density at radius 3 is 2.64 bits per heavy atom. The SMILES string of the molecule is CN(Cc1ccc2ccccc2n1)c1nccc(-c2cc(C(=O)O)ccn2)n1. The van der Waals surface area contributed by atoms with Gasteiger partial charge < -0.3 is 10.0 Å². The van der Waals surface area contributed by atoms with Gasteiger partial charge in [-0.2, -0.15) is 0 Å². The Labute approximate surface area is 161 Å². The molecule has 4 aromatic rings. The van der Waals surface area contributed by atoms with Gasteiger partial charge in [0.15, 0.2) is 0 Å². The smallest absolute Gasteiger partial charge is 0.335 e. The first-order valence-electron chi connectivity index (χ1n) is 8.69. The van der Waals surface area contributed by atoms with Crippen LogP contribution in [-0.2, 0) is 6.54 Å². The third-order valence-corrected chi connectivity index (χ3v) is 4.31. The number of para-hydroxylation sites is 1. The fourth-order valence-corrected chi connectivity index (χ4v) is 2.89. The number of carboxylic acids is 1. The second-order valence-electron chi connectivity index (χ2n) is 6.33. The van der Waals surface area contributed by atoms with E-state index in [-0.39, 0.29) is 5.56 Å². The number of fused-ring (bicyclic) bond motifs is 1. The Balaban J connectivity index is 1.59. The number of anilines is 1. The number of carboxylic acid groups (broad SMARTS) is 1. The molecule has 0 aliphatic rings. The molecule has 0 saturated carbocycles. The lowest BCUT2D eigenvalue weighted by atomic mass is 10.2. The van der Waals surface area contributed by atoms with Gasteiger partial charge in [0.05, 0.1) is 34.7 Å². The van der Waals surface area contributed by atoms with E-state index in [4.69, 9.17) is 5.11 Å². The zero-order chi connectivity index (χ0) is 19.5. The molecule has 7 heteroatoms. The summed E-state index contributed by atoms with van der Waals surface area (Å²) >= 11 is 0. The van der Waals surface area contributed by atoms with Crippen LogP contribution < -0.4 is 4.90 Å². The van der Waals surface area contributed by atoms with Crippen LogP contribution in [0.3, 0.4) is 0 Å². The summed E-state index contributed by atoms with van der Waals surface area (Å²) in [4.78, 5) is 30.8. The summed E-state index contributed by atoms with van der Waals surface area (Å²) in [5.74, 6) is -0.493. The van der Waals surface area contributed by atoms with Crippen LogP contribution in [0.25, 0.3) is 22.3 Å². The fourth-order valence-electron chi connectivity index (χ4n) is 2.89. The zero-order valence-corrected chi connectivity index (χ0v) is 15.1. The number of pyridine rings is 2. The first-order chi connectivity index (χ1) is 13.6. The Hall–Kier alpha value is -3.87. The zero-order valence-electron chi connectivity index (χ0n) is 15.1. The van der Waals surface area contributed by atoms with E-state index in [0.29, 0.717) is 23.9 Å². The summed E-state index contributed by atoms with van der Waals surface area (Å²) in [6.45, 7) is 0.539. The highest BCUT2D eigenvalue weighted by molar-refractivity contribution is 5.88. The molecule has 0 atom stereocenters. The van der Waals surface area contributed by atoms with Gasteiger partial charge in [-0.05, 0) is 30.3 Å². The molecule has 0 saturated heterocycles. The Kier molecular flexibility index (Phi) is 4.63. The van der Waals surface area contributed by atoms with Crippen LogP contribution >= 0.6 is 0 Å². The van der Waals surface area contributed by atoms with Crippen LogP contribution in [0, 0.1) is 0 Å². The lowest BCUT2D eigenvalue weighted by Gasteiger charge is -2.17. The predicted octanol–water partition coefficient (Wildman–Crippen LogP) is 3.42. The minimum Gasteiger partial charge on any atom is -0.478 e. The molecule has 3 aromatic heterocycles. The number of aromatic nitrogens is 4. The Morgan fingerprint density at radius 1 is 0.964 bits per heavy atom. The van der Waals surface area contributed by atoms with E-state index in [2.05, 4.69) is 19.9 Å². The molecule has 0 radical (unpaired) electrons. The first-order valence-corrected chi connectivity index (χ1v) is 8.69. The average Bonchev–Trinajstić information content (AvgIpc) is 2.74. The second kappa shape index (κ2) is 7.40. The molecule has 1 N–H and O–H groups in total. The van der Waals surface area contributed by atoms with Crippen molar-refractivity contribution in [3.63, 3.8) is 0 Å². The largest absolute Gasteiger partial charge is 0.478 e. The van der Waals surface area contributed by atoms with E-state index in [0.717, 1.165) is 16.6 Å². The lowest BCUT2D eigenvalue weighted by molar-refractivity contribution is 0.0697. The number of nitrogens with zero attached hydrogens (tertiary/aromatic N) is 5. The van der Waals surface area contributed by atoms with E-state index >= 15 is 0 Å². The number of carbonyl (C=O) groups is 1. The highest BCUT2D eigenvalue weighted by atomic mass is 16.4. The third kappa shape index (κ3) is 3.64. The van der Waals surface area contributed by atoms with Gasteiger partial charge in [0.1, 0.15) is 0 Å². The first kappa shape index (κ1) is 17.5. The summed E-state index contributed by atoms with van der Waals surface area (Å²) in [5, 5.41) is 10.3. The minimum absolute atomic E-state index is 0.166. The van der Waals surface area contributed by atoms with Gasteiger partial charge in [-0.15, -0.1) is 0 Å². The van der Waals surface area contributed by atoms with Crippen molar-refractivity contribution < 1.29 is 9.90 Å². The molecule has 1 aromatic carbocycles. The molecule has 0 bridgehead atoms. The molecule has 28 heavy (non-hydrogen) atoms. The summed E-state index contributed by atoms with van der Waals surface area (Å²) in [6, 6.07) is 16.7. The monoisotopic (exact) mass is 371 g/mol. The highest BCUT2D eigenvalue weighted by Crippen LogP contribution is 2.19. The van der Waals surface area contributed by atoms with Gasteiger partial charge in [0, 0.05) is 24.8 Å². The Bertz CT molecular complexity index is 1160. The van der Waals surface area contributed by atoms with Gasteiger partial charge in [0.2, 0.25) is 5.95 Å². The molecule has 3 heterocycles. The van der Waals surface area contributed by atoms with E-state index in [1.165, 1.54) is 18.3 Å². The van der Waals surface area contributed by atoms with Crippen LogP contribution in [0.15, 0.2) is 67.0 Å². The maximum absolute atomic E-state index is 11.2. The van der Waals surface area contributed by atoms with Crippen molar-refractivity contribution in [2.24, 2.45) is 0 Å². The molecule has 0 aliphatic carbocycles. The molecular formula is C21H17N5O2. The van der Waals surface area contributed by atoms with E-state index in [9.17, 15) is 4.79 Å². The molecule has 138 valence electrons. The topological polar surface area (TPSA) is 92.1 Å². The maximum Gasteiger partial charge on any atom is 0.335 e. The molecule has 0 amide bonds. The van der Waals surface area contributed by atoms with Crippen molar-refractivity contribution in [3.05, 3.63) is 78.2 Å². The molecule has 4 rings (SSSR count). The standard InChI is InChI=1S/C21H17N5O2/c1-26(13-16-7-6-14-4-2-3-5-17(14)24-16)21-23-11-9-18(25-21)19-12-15(20(27)28)8-10-22-19/h2-12H,13H2,1H3,(H,27,28). The van der Waals surface area contributed by atoms with E-state index in [1.54, 1.807) is 12.3 Å². The Morgan fingerprint density at radius 2 is 1.79 bits per heavy atom. The van der Waals surface area contributed by atoms with Gasteiger partial charge in [-0.3, -0.25) is 9.97 Å². The molecule has 0 spiro atoms. The molecule has 0 unspecified atom stereocenters. The van der Waals surface area contributed by atoms with Gasteiger partial charge in [0.25, 0.3) is 0 Å². The van der Waals surface area contributed by atoms with Crippen molar-refractivity contribution >= 4 is 22.8 Å². The van der Waals surface area contributed by atoms with Gasteiger partial charge in [-0.25, -0.2) is 14.8 Å². The number of benzene rings is 1. The molecule has 0 aliphatic heterocycles. The fraction of sp³-hybridized carbons (Fsp3) is 0.0952. The van der Waals surface area contributed by atoms with Crippen molar-refractivity contribution in [2.75, 3.05) is 11.9 Å². The van der Waals surface area contributed by atoms with Crippen LogP contribution in [0.1, 0.15) is 16.1 Å². The average molecular weight is 371 g/mol.